The van der Waals surface area contributed by atoms with Gasteiger partial charge < -0.3 is 10.6 Å². The van der Waals surface area contributed by atoms with E-state index in [0.717, 1.165) is 0 Å². The van der Waals surface area contributed by atoms with Crippen LogP contribution in [0, 0.1) is 0 Å². The first kappa shape index (κ1) is 12.3. The average molecular weight is 204 g/mol. The number of thiol groups is 1. The minimum absolute atomic E-state index is 0.0262. The monoisotopic (exact) mass is 204 g/mol. The van der Waals surface area contributed by atoms with Crippen LogP contribution in [0.4, 0.5) is 0 Å². The summed E-state index contributed by atoms with van der Waals surface area (Å²) >= 11 is 4.04. The quantitative estimate of drug-likeness (QED) is 0.419. The smallest absolute Gasteiger partial charge is 0.242 e. The van der Waals surface area contributed by atoms with E-state index in [2.05, 4.69) is 23.3 Å². The van der Waals surface area contributed by atoms with Crippen LogP contribution in [0.15, 0.2) is 0 Å². The fraction of sp³-hybridized carbons (Fsp3) is 0.750. The molecular weight excluding hydrogens is 188 g/mol. The lowest BCUT2D eigenvalue weighted by atomic mass is 10.2. The summed E-state index contributed by atoms with van der Waals surface area (Å²) < 4.78 is 0. The molecule has 0 spiro atoms. The molecular formula is C8H16N2O2S. The minimum atomic E-state index is -0.431. The van der Waals surface area contributed by atoms with Crippen LogP contribution in [0.3, 0.4) is 0 Å². The van der Waals surface area contributed by atoms with Crippen molar-refractivity contribution in [1.82, 2.24) is 10.6 Å². The Morgan fingerprint density at radius 1 is 1.62 bits per heavy atom. The van der Waals surface area contributed by atoms with Crippen molar-refractivity contribution in [3.8, 4) is 0 Å². The van der Waals surface area contributed by atoms with Gasteiger partial charge in [0.15, 0.2) is 0 Å². The van der Waals surface area contributed by atoms with Crippen molar-refractivity contribution >= 4 is 24.9 Å². The van der Waals surface area contributed by atoms with Crippen molar-refractivity contribution in [2.75, 3.05) is 5.75 Å². The summed E-state index contributed by atoms with van der Waals surface area (Å²) in [4.78, 5) is 21.5. The second kappa shape index (κ2) is 6.77. The molecule has 0 aromatic rings. The van der Waals surface area contributed by atoms with Crippen LogP contribution in [0.2, 0.25) is 0 Å². The van der Waals surface area contributed by atoms with E-state index in [-0.39, 0.29) is 11.9 Å². The van der Waals surface area contributed by atoms with E-state index in [4.69, 9.17) is 0 Å². The van der Waals surface area contributed by atoms with Gasteiger partial charge in [0.05, 0.1) is 0 Å². The maximum absolute atomic E-state index is 11.4. The minimum Gasteiger partial charge on any atom is -0.351 e. The fourth-order valence-corrected chi connectivity index (χ4v) is 0.941. The van der Waals surface area contributed by atoms with Crippen LogP contribution in [0.5, 0.6) is 0 Å². The van der Waals surface area contributed by atoms with Crippen molar-refractivity contribution in [2.24, 2.45) is 0 Å². The van der Waals surface area contributed by atoms with Crippen molar-refractivity contribution in [3.63, 3.8) is 0 Å². The molecule has 13 heavy (non-hydrogen) atoms. The molecule has 0 saturated carbocycles. The number of carbonyl (C=O) groups is 2. The average Bonchev–Trinajstić information content (AvgIpc) is 2.13. The van der Waals surface area contributed by atoms with Crippen molar-refractivity contribution in [3.05, 3.63) is 0 Å². The lowest BCUT2D eigenvalue weighted by Crippen LogP contribution is -2.46. The summed E-state index contributed by atoms with van der Waals surface area (Å²) in [7, 11) is 0. The zero-order chi connectivity index (χ0) is 10.3. The van der Waals surface area contributed by atoms with Crippen LogP contribution >= 0.6 is 12.6 Å². The maximum atomic E-state index is 11.4. The summed E-state index contributed by atoms with van der Waals surface area (Å²) in [6, 6.07) is -0.404. The van der Waals surface area contributed by atoms with E-state index in [1.165, 1.54) is 0 Å². The second-order valence-electron chi connectivity index (χ2n) is 2.84. The predicted molar refractivity (Wildman–Crippen MR) is 54.7 cm³/mol. The molecule has 4 nitrogen and oxygen atoms in total. The SMILES string of the molecule is CCC(NC=O)C(=O)NC(C)CS. The van der Waals surface area contributed by atoms with Crippen LogP contribution in [0.25, 0.3) is 0 Å². The van der Waals surface area contributed by atoms with Gasteiger partial charge in [-0.1, -0.05) is 6.92 Å². The molecule has 0 bridgehead atoms. The Bertz CT molecular complexity index is 176. The van der Waals surface area contributed by atoms with Crippen LogP contribution in [0.1, 0.15) is 20.3 Å². The van der Waals surface area contributed by atoms with Gasteiger partial charge in [0.2, 0.25) is 12.3 Å². The van der Waals surface area contributed by atoms with Crippen molar-refractivity contribution < 1.29 is 9.59 Å². The Kier molecular flexibility index (Phi) is 6.40. The standard InChI is InChI=1S/C8H16N2O2S/c1-3-7(9-5-11)8(12)10-6(2)4-13/h5-7,13H,3-4H2,1-2H3,(H,9,11)(H,10,12). The molecule has 0 heterocycles. The Labute approximate surface area is 83.9 Å². The third-order valence-corrected chi connectivity index (χ3v) is 2.20. The van der Waals surface area contributed by atoms with Gasteiger partial charge >= 0.3 is 0 Å². The summed E-state index contributed by atoms with van der Waals surface area (Å²) in [6.07, 6.45) is 1.13. The summed E-state index contributed by atoms with van der Waals surface area (Å²) in [5.41, 5.74) is 0. The summed E-state index contributed by atoms with van der Waals surface area (Å²) in [5, 5.41) is 5.17. The van der Waals surface area contributed by atoms with E-state index in [0.29, 0.717) is 18.6 Å². The van der Waals surface area contributed by atoms with E-state index in [1.54, 1.807) is 0 Å². The van der Waals surface area contributed by atoms with Gasteiger partial charge in [-0.3, -0.25) is 9.59 Å². The number of nitrogens with one attached hydrogen (secondary N) is 2. The molecule has 0 aromatic heterocycles. The molecule has 0 aliphatic rings. The molecule has 2 unspecified atom stereocenters. The Morgan fingerprint density at radius 2 is 2.23 bits per heavy atom. The molecule has 0 saturated heterocycles. The van der Waals surface area contributed by atoms with Crippen LogP contribution in [-0.2, 0) is 9.59 Å². The molecule has 0 aliphatic carbocycles. The van der Waals surface area contributed by atoms with Crippen molar-refractivity contribution in [2.45, 2.75) is 32.4 Å². The number of rotatable bonds is 6. The number of amides is 2. The number of carbonyl (C=O) groups excluding carboxylic acids is 2. The molecule has 2 amide bonds. The third-order valence-electron chi connectivity index (χ3n) is 1.66. The largest absolute Gasteiger partial charge is 0.351 e. The zero-order valence-corrected chi connectivity index (χ0v) is 8.80. The van der Waals surface area contributed by atoms with Crippen LogP contribution in [-0.4, -0.2) is 30.2 Å². The fourth-order valence-electron chi connectivity index (χ4n) is 0.850. The number of hydrogen-bond acceptors (Lipinski definition) is 3. The van der Waals surface area contributed by atoms with Gasteiger partial charge in [-0.25, -0.2) is 0 Å². The lowest BCUT2D eigenvalue weighted by Gasteiger charge is -2.17. The summed E-state index contributed by atoms with van der Waals surface area (Å²) in [6.45, 7) is 3.70. The lowest BCUT2D eigenvalue weighted by molar-refractivity contribution is -0.125. The highest BCUT2D eigenvalue weighted by Gasteiger charge is 2.16. The van der Waals surface area contributed by atoms with Gasteiger partial charge in [-0.05, 0) is 13.3 Å². The van der Waals surface area contributed by atoms with E-state index < -0.39 is 6.04 Å². The van der Waals surface area contributed by atoms with Gasteiger partial charge in [0.25, 0.3) is 0 Å². The van der Waals surface area contributed by atoms with Gasteiger partial charge in [0.1, 0.15) is 6.04 Å². The highest BCUT2D eigenvalue weighted by atomic mass is 32.1. The van der Waals surface area contributed by atoms with Gasteiger partial charge in [-0.2, -0.15) is 12.6 Å². The number of hydrogen-bond donors (Lipinski definition) is 3. The molecule has 0 aromatic carbocycles. The molecule has 76 valence electrons. The predicted octanol–water partition coefficient (Wildman–Crippen LogP) is -0.0545. The summed E-state index contributed by atoms with van der Waals surface area (Å²) in [5.74, 6) is 0.430. The Balaban J connectivity index is 3.97. The Morgan fingerprint density at radius 3 is 2.62 bits per heavy atom. The van der Waals surface area contributed by atoms with E-state index in [9.17, 15) is 9.59 Å². The molecule has 5 heteroatoms. The normalized spacial score (nSPS) is 14.4. The first-order valence-corrected chi connectivity index (χ1v) is 4.89. The molecule has 0 fully saturated rings. The van der Waals surface area contributed by atoms with Gasteiger partial charge in [0, 0.05) is 11.8 Å². The highest BCUT2D eigenvalue weighted by Crippen LogP contribution is 1.92. The molecule has 0 rings (SSSR count). The maximum Gasteiger partial charge on any atom is 0.242 e. The van der Waals surface area contributed by atoms with Crippen LogP contribution < -0.4 is 10.6 Å². The Hall–Kier alpha value is -0.710. The first-order valence-electron chi connectivity index (χ1n) is 4.26. The van der Waals surface area contributed by atoms with Gasteiger partial charge in [-0.15, -0.1) is 0 Å². The molecule has 0 radical (unpaired) electrons. The zero-order valence-electron chi connectivity index (χ0n) is 7.91. The molecule has 0 aliphatic heterocycles. The molecule has 2 N–H and O–H groups in total. The highest BCUT2D eigenvalue weighted by molar-refractivity contribution is 7.80. The van der Waals surface area contributed by atoms with E-state index in [1.807, 2.05) is 13.8 Å². The van der Waals surface area contributed by atoms with E-state index >= 15 is 0 Å². The van der Waals surface area contributed by atoms with Crippen molar-refractivity contribution in [1.29, 1.82) is 0 Å². The molecule has 2 atom stereocenters. The topological polar surface area (TPSA) is 58.2 Å². The first-order chi connectivity index (χ1) is 6.15. The second-order valence-corrected chi connectivity index (χ2v) is 3.20. The third kappa shape index (κ3) is 4.77.